The van der Waals surface area contributed by atoms with Crippen molar-refractivity contribution >= 4 is 17.5 Å². The SMILES string of the molecule is Cc1ccc(-n2nc(C(=O)NCc3ccccn3)c(=O)n(Cc3ccc(F)cc3)c2=O)cc1Cl. The van der Waals surface area contributed by atoms with Gasteiger partial charge >= 0.3 is 5.69 Å². The van der Waals surface area contributed by atoms with Crippen LogP contribution in [0.2, 0.25) is 5.02 Å². The molecule has 172 valence electrons. The molecule has 4 rings (SSSR count). The summed E-state index contributed by atoms with van der Waals surface area (Å²) in [6.45, 7) is 1.68. The lowest BCUT2D eigenvalue weighted by Crippen LogP contribution is -2.46. The van der Waals surface area contributed by atoms with Crippen LogP contribution in [0.5, 0.6) is 0 Å². The Hall–Kier alpha value is -4.11. The first-order valence-corrected chi connectivity index (χ1v) is 10.6. The highest BCUT2D eigenvalue weighted by atomic mass is 35.5. The Kier molecular flexibility index (Phi) is 6.65. The number of nitrogens with one attached hydrogen (secondary N) is 1. The number of aromatic nitrogens is 4. The number of hydrogen-bond donors (Lipinski definition) is 1. The van der Waals surface area contributed by atoms with Gasteiger partial charge in [-0.25, -0.2) is 9.18 Å². The largest absolute Gasteiger partial charge is 0.352 e. The summed E-state index contributed by atoms with van der Waals surface area (Å²) in [5.74, 6) is -1.22. The second-order valence-corrected chi connectivity index (χ2v) is 7.91. The summed E-state index contributed by atoms with van der Waals surface area (Å²) < 4.78 is 15.1. The quantitative estimate of drug-likeness (QED) is 0.458. The molecular weight excluding hydrogens is 461 g/mol. The van der Waals surface area contributed by atoms with E-state index in [1.165, 1.54) is 30.3 Å². The highest BCUT2D eigenvalue weighted by Crippen LogP contribution is 2.18. The maximum atomic E-state index is 13.3. The zero-order chi connectivity index (χ0) is 24.2. The number of carbonyl (C=O) groups excluding carboxylic acids is 1. The average Bonchev–Trinajstić information content (AvgIpc) is 2.84. The third kappa shape index (κ3) is 4.94. The molecular formula is C24H19ClFN5O3. The summed E-state index contributed by atoms with van der Waals surface area (Å²) in [4.78, 5) is 43.4. The van der Waals surface area contributed by atoms with Crippen molar-refractivity contribution < 1.29 is 9.18 Å². The number of carbonyl (C=O) groups is 1. The Morgan fingerprint density at radius 1 is 1.09 bits per heavy atom. The van der Waals surface area contributed by atoms with Gasteiger partial charge in [-0.1, -0.05) is 35.9 Å². The number of amides is 1. The van der Waals surface area contributed by atoms with E-state index in [2.05, 4.69) is 15.4 Å². The summed E-state index contributed by atoms with van der Waals surface area (Å²) in [6.07, 6.45) is 1.58. The van der Waals surface area contributed by atoms with Crippen LogP contribution in [0.25, 0.3) is 5.69 Å². The van der Waals surface area contributed by atoms with Gasteiger partial charge in [0, 0.05) is 11.2 Å². The van der Waals surface area contributed by atoms with E-state index in [1.54, 1.807) is 43.5 Å². The lowest BCUT2D eigenvalue weighted by atomic mass is 10.2. The Morgan fingerprint density at radius 2 is 1.85 bits per heavy atom. The fourth-order valence-corrected chi connectivity index (χ4v) is 3.38. The van der Waals surface area contributed by atoms with E-state index in [-0.39, 0.29) is 18.8 Å². The van der Waals surface area contributed by atoms with E-state index < -0.39 is 28.7 Å². The minimum atomic E-state index is -0.873. The van der Waals surface area contributed by atoms with Gasteiger partial charge in [-0.3, -0.25) is 19.1 Å². The molecule has 0 unspecified atom stereocenters. The average molecular weight is 480 g/mol. The van der Waals surface area contributed by atoms with Crippen molar-refractivity contribution in [1.29, 1.82) is 0 Å². The summed E-state index contributed by atoms with van der Waals surface area (Å²) in [7, 11) is 0. The summed E-state index contributed by atoms with van der Waals surface area (Å²) in [5, 5.41) is 7.06. The zero-order valence-corrected chi connectivity index (χ0v) is 18.8. The number of hydrogen-bond acceptors (Lipinski definition) is 5. The third-order valence-corrected chi connectivity index (χ3v) is 5.49. The lowest BCUT2D eigenvalue weighted by molar-refractivity contribution is 0.0940. The maximum Gasteiger partial charge on any atom is 0.352 e. The fourth-order valence-electron chi connectivity index (χ4n) is 3.21. The van der Waals surface area contributed by atoms with Crippen LogP contribution in [0.3, 0.4) is 0 Å². The molecule has 0 bridgehead atoms. The molecule has 1 amide bonds. The van der Waals surface area contributed by atoms with Gasteiger partial charge in [-0.2, -0.15) is 9.78 Å². The Morgan fingerprint density at radius 3 is 2.53 bits per heavy atom. The second kappa shape index (κ2) is 9.80. The molecule has 2 aromatic heterocycles. The predicted molar refractivity (Wildman–Crippen MR) is 125 cm³/mol. The van der Waals surface area contributed by atoms with E-state index in [1.807, 2.05) is 0 Å². The van der Waals surface area contributed by atoms with Gasteiger partial charge in [0.25, 0.3) is 11.5 Å². The number of halogens is 2. The molecule has 0 spiro atoms. The minimum absolute atomic E-state index is 0.0637. The van der Waals surface area contributed by atoms with Crippen molar-refractivity contribution in [3.8, 4) is 5.69 Å². The van der Waals surface area contributed by atoms with E-state index in [9.17, 15) is 18.8 Å². The van der Waals surface area contributed by atoms with Crippen LogP contribution in [0.15, 0.2) is 76.4 Å². The van der Waals surface area contributed by atoms with Gasteiger partial charge in [0.2, 0.25) is 5.69 Å². The highest BCUT2D eigenvalue weighted by Gasteiger charge is 2.21. The molecule has 4 aromatic rings. The molecule has 2 heterocycles. The van der Waals surface area contributed by atoms with Crippen LogP contribution in [-0.4, -0.2) is 25.2 Å². The second-order valence-electron chi connectivity index (χ2n) is 7.50. The smallest absolute Gasteiger partial charge is 0.345 e. The van der Waals surface area contributed by atoms with Gasteiger partial charge in [0.1, 0.15) is 5.82 Å². The summed E-state index contributed by atoms with van der Waals surface area (Å²) in [5.41, 5.74) is 0.0343. The molecule has 0 saturated heterocycles. The lowest BCUT2D eigenvalue weighted by Gasteiger charge is -2.13. The van der Waals surface area contributed by atoms with Crippen LogP contribution >= 0.6 is 11.6 Å². The van der Waals surface area contributed by atoms with Crippen LogP contribution < -0.4 is 16.6 Å². The van der Waals surface area contributed by atoms with Gasteiger partial charge in [0.15, 0.2) is 0 Å². The number of pyridine rings is 1. The molecule has 0 fully saturated rings. The number of benzene rings is 2. The molecule has 0 saturated carbocycles. The van der Waals surface area contributed by atoms with E-state index in [0.717, 1.165) is 14.8 Å². The van der Waals surface area contributed by atoms with Crippen molar-refractivity contribution in [3.63, 3.8) is 0 Å². The fraction of sp³-hybridized carbons (Fsp3) is 0.125. The molecule has 2 aromatic carbocycles. The monoisotopic (exact) mass is 479 g/mol. The first-order chi connectivity index (χ1) is 16.3. The molecule has 8 nitrogen and oxygen atoms in total. The Balaban J connectivity index is 1.80. The van der Waals surface area contributed by atoms with Crippen molar-refractivity contribution in [1.82, 2.24) is 24.6 Å². The van der Waals surface area contributed by atoms with Crippen molar-refractivity contribution in [2.24, 2.45) is 0 Å². The minimum Gasteiger partial charge on any atom is -0.345 e. The predicted octanol–water partition coefficient (Wildman–Crippen LogP) is 2.87. The van der Waals surface area contributed by atoms with Crippen molar-refractivity contribution in [3.05, 3.63) is 121 Å². The normalized spacial score (nSPS) is 10.8. The highest BCUT2D eigenvalue weighted by molar-refractivity contribution is 6.31. The number of rotatable bonds is 6. The molecule has 34 heavy (non-hydrogen) atoms. The molecule has 0 atom stereocenters. The molecule has 0 aliphatic heterocycles. The molecule has 1 N–H and O–H groups in total. The molecule has 0 radical (unpaired) electrons. The summed E-state index contributed by atoms with van der Waals surface area (Å²) in [6, 6.07) is 15.4. The van der Waals surface area contributed by atoms with Crippen LogP contribution in [-0.2, 0) is 13.1 Å². The Labute approximate surface area is 198 Å². The zero-order valence-electron chi connectivity index (χ0n) is 18.0. The van der Waals surface area contributed by atoms with E-state index >= 15 is 0 Å². The standard InChI is InChI=1S/C24H19ClFN5O3/c1-15-5-10-19(12-20(15)25)31-24(34)30(14-16-6-8-17(26)9-7-16)23(33)21(29-31)22(32)28-13-18-4-2-3-11-27-18/h2-12H,13-14H2,1H3,(H,28,32). The van der Waals surface area contributed by atoms with Crippen LogP contribution in [0.1, 0.15) is 27.3 Å². The van der Waals surface area contributed by atoms with Gasteiger partial charge in [0.05, 0.1) is 24.5 Å². The topological polar surface area (TPSA) is 98.9 Å². The first-order valence-electron chi connectivity index (χ1n) is 10.3. The summed E-state index contributed by atoms with van der Waals surface area (Å²) >= 11 is 6.22. The van der Waals surface area contributed by atoms with Gasteiger partial charge < -0.3 is 5.32 Å². The number of nitrogens with zero attached hydrogens (tertiary/aromatic N) is 4. The molecule has 0 aliphatic carbocycles. The van der Waals surface area contributed by atoms with Gasteiger partial charge in [-0.15, -0.1) is 0 Å². The van der Waals surface area contributed by atoms with E-state index in [0.29, 0.717) is 16.3 Å². The van der Waals surface area contributed by atoms with Gasteiger partial charge in [-0.05, 0) is 54.4 Å². The third-order valence-electron chi connectivity index (χ3n) is 5.09. The molecule has 10 heteroatoms. The van der Waals surface area contributed by atoms with Crippen LogP contribution in [0, 0.1) is 12.7 Å². The first kappa shape index (κ1) is 23.1. The van der Waals surface area contributed by atoms with E-state index in [4.69, 9.17) is 11.6 Å². The van der Waals surface area contributed by atoms with Crippen molar-refractivity contribution in [2.75, 3.05) is 0 Å². The van der Waals surface area contributed by atoms with Crippen LogP contribution in [0.4, 0.5) is 4.39 Å². The maximum absolute atomic E-state index is 13.3. The number of aryl methyl sites for hydroxylation is 1. The Bertz CT molecular complexity index is 1470. The molecule has 0 aliphatic rings. The van der Waals surface area contributed by atoms with Crippen molar-refractivity contribution in [2.45, 2.75) is 20.0 Å².